The molecule has 1 aliphatic rings. The van der Waals surface area contributed by atoms with Crippen LogP contribution >= 0.6 is 0 Å². The normalized spacial score (nSPS) is 21.0. The maximum atomic E-state index is 12.7. The summed E-state index contributed by atoms with van der Waals surface area (Å²) in [6.45, 7) is -3.00. The molecule has 0 aliphatic heterocycles. The van der Waals surface area contributed by atoms with E-state index in [0.717, 1.165) is 10.8 Å². The number of carbonyl (C=O) groups is 1. The first kappa shape index (κ1) is 16.6. The fraction of sp³-hybridized carbons (Fsp3) is 0.389. The third-order valence-corrected chi connectivity index (χ3v) is 4.34. The van der Waals surface area contributed by atoms with Crippen LogP contribution < -0.4 is 10.1 Å². The van der Waals surface area contributed by atoms with Gasteiger partial charge in [-0.05, 0) is 48.6 Å². The Kier molecular flexibility index (Phi) is 4.94. The van der Waals surface area contributed by atoms with Gasteiger partial charge in [0.15, 0.2) is 0 Å². The lowest BCUT2D eigenvalue weighted by atomic mass is 9.93. The number of rotatable bonds is 4. The fourth-order valence-corrected chi connectivity index (χ4v) is 3.07. The van der Waals surface area contributed by atoms with Crippen LogP contribution in [0.4, 0.5) is 8.78 Å². The topological polar surface area (TPSA) is 58.6 Å². The van der Waals surface area contributed by atoms with Crippen LogP contribution in [0, 0.1) is 0 Å². The van der Waals surface area contributed by atoms with Crippen molar-refractivity contribution in [3.8, 4) is 5.75 Å². The molecule has 0 heterocycles. The molecule has 0 bridgehead atoms. The Balaban J connectivity index is 1.86. The van der Waals surface area contributed by atoms with Crippen molar-refractivity contribution in [3.05, 3.63) is 42.0 Å². The van der Waals surface area contributed by atoms with Gasteiger partial charge in [0.1, 0.15) is 5.75 Å². The Labute approximate surface area is 138 Å². The van der Waals surface area contributed by atoms with Crippen molar-refractivity contribution in [2.75, 3.05) is 0 Å². The number of hydrogen-bond acceptors (Lipinski definition) is 3. The molecule has 0 atom stereocenters. The minimum Gasteiger partial charge on any atom is -0.434 e. The van der Waals surface area contributed by atoms with Crippen LogP contribution in [-0.4, -0.2) is 29.8 Å². The van der Waals surface area contributed by atoms with Crippen molar-refractivity contribution in [1.29, 1.82) is 0 Å². The minimum atomic E-state index is -3.00. The van der Waals surface area contributed by atoms with E-state index in [0.29, 0.717) is 25.7 Å². The van der Waals surface area contributed by atoms with Gasteiger partial charge in [-0.3, -0.25) is 4.79 Å². The number of benzene rings is 2. The summed E-state index contributed by atoms with van der Waals surface area (Å²) < 4.78 is 29.9. The molecule has 1 aliphatic carbocycles. The first-order chi connectivity index (χ1) is 11.5. The monoisotopic (exact) mass is 335 g/mol. The van der Waals surface area contributed by atoms with E-state index in [9.17, 15) is 18.7 Å². The van der Waals surface area contributed by atoms with E-state index < -0.39 is 12.5 Å². The van der Waals surface area contributed by atoms with E-state index in [4.69, 9.17) is 0 Å². The van der Waals surface area contributed by atoms with Gasteiger partial charge in [0.05, 0.1) is 11.7 Å². The van der Waals surface area contributed by atoms with Crippen molar-refractivity contribution >= 4 is 16.7 Å². The number of hydrogen-bond donors (Lipinski definition) is 2. The number of alkyl halides is 2. The summed E-state index contributed by atoms with van der Waals surface area (Å²) in [6.07, 6.45) is 2.28. The van der Waals surface area contributed by atoms with Gasteiger partial charge in [-0.15, -0.1) is 0 Å². The summed E-state index contributed by atoms with van der Waals surface area (Å²) in [5, 5.41) is 13.9. The zero-order valence-electron chi connectivity index (χ0n) is 13.0. The van der Waals surface area contributed by atoms with Crippen molar-refractivity contribution in [2.45, 2.75) is 44.4 Å². The molecule has 4 nitrogen and oxygen atoms in total. The molecular weight excluding hydrogens is 316 g/mol. The van der Waals surface area contributed by atoms with E-state index in [1.165, 1.54) is 6.07 Å². The minimum absolute atomic E-state index is 0.0632. The summed E-state index contributed by atoms with van der Waals surface area (Å²) >= 11 is 0. The first-order valence-corrected chi connectivity index (χ1v) is 7.99. The molecule has 1 fully saturated rings. The lowest BCUT2D eigenvalue weighted by Gasteiger charge is -2.26. The zero-order valence-corrected chi connectivity index (χ0v) is 13.0. The second-order valence-electron chi connectivity index (χ2n) is 6.05. The van der Waals surface area contributed by atoms with E-state index in [-0.39, 0.29) is 23.5 Å². The number of aliphatic hydroxyl groups is 1. The molecule has 24 heavy (non-hydrogen) atoms. The summed E-state index contributed by atoms with van der Waals surface area (Å²) in [7, 11) is 0. The second-order valence-corrected chi connectivity index (χ2v) is 6.05. The molecule has 2 aromatic carbocycles. The third-order valence-electron chi connectivity index (χ3n) is 4.34. The molecule has 1 amide bonds. The predicted octanol–water partition coefficient (Wildman–Crippen LogP) is 3.47. The van der Waals surface area contributed by atoms with Gasteiger partial charge in [-0.1, -0.05) is 24.3 Å². The van der Waals surface area contributed by atoms with Crippen molar-refractivity contribution in [2.24, 2.45) is 0 Å². The number of fused-ring (bicyclic) bond motifs is 1. The highest BCUT2D eigenvalue weighted by molar-refractivity contribution is 6.01. The van der Waals surface area contributed by atoms with Gasteiger partial charge in [-0.25, -0.2) is 0 Å². The molecule has 2 N–H and O–H groups in total. The van der Waals surface area contributed by atoms with Crippen molar-refractivity contribution in [1.82, 2.24) is 5.32 Å². The van der Waals surface area contributed by atoms with Gasteiger partial charge in [0.25, 0.3) is 5.91 Å². The molecule has 2 aromatic rings. The average Bonchev–Trinajstić information content (AvgIpc) is 2.55. The van der Waals surface area contributed by atoms with Crippen LogP contribution in [0.5, 0.6) is 5.75 Å². The third kappa shape index (κ3) is 3.82. The smallest absolute Gasteiger partial charge is 0.387 e. The van der Waals surface area contributed by atoms with Crippen LogP contribution in [-0.2, 0) is 0 Å². The van der Waals surface area contributed by atoms with Crippen LogP contribution in [0.3, 0.4) is 0 Å². The molecule has 0 spiro atoms. The molecule has 3 rings (SSSR count). The van der Waals surface area contributed by atoms with Gasteiger partial charge < -0.3 is 15.2 Å². The van der Waals surface area contributed by atoms with Crippen molar-refractivity contribution < 1.29 is 23.4 Å². The highest BCUT2D eigenvalue weighted by Gasteiger charge is 2.23. The zero-order chi connectivity index (χ0) is 17.1. The molecule has 0 radical (unpaired) electrons. The molecule has 0 aromatic heterocycles. The highest BCUT2D eigenvalue weighted by atomic mass is 19.3. The highest BCUT2D eigenvalue weighted by Crippen LogP contribution is 2.28. The first-order valence-electron chi connectivity index (χ1n) is 7.99. The lowest BCUT2D eigenvalue weighted by Crippen LogP contribution is -2.38. The SMILES string of the molecule is O=C(NC1CCC(O)CC1)c1cc2ccccc2cc1OC(F)F. The van der Waals surface area contributed by atoms with Crippen LogP contribution in [0.25, 0.3) is 10.8 Å². The molecular formula is C18H19F2NO3. The van der Waals surface area contributed by atoms with Crippen molar-refractivity contribution in [3.63, 3.8) is 0 Å². The molecule has 0 saturated heterocycles. The van der Waals surface area contributed by atoms with E-state index in [2.05, 4.69) is 10.1 Å². The largest absolute Gasteiger partial charge is 0.434 e. The number of amides is 1. The van der Waals surface area contributed by atoms with E-state index >= 15 is 0 Å². The Morgan fingerprint density at radius 2 is 1.75 bits per heavy atom. The Bertz CT molecular complexity index is 727. The maximum absolute atomic E-state index is 12.7. The fourth-order valence-electron chi connectivity index (χ4n) is 3.07. The van der Waals surface area contributed by atoms with Gasteiger partial charge in [0.2, 0.25) is 0 Å². The van der Waals surface area contributed by atoms with Crippen LogP contribution in [0.15, 0.2) is 36.4 Å². The quantitative estimate of drug-likeness (QED) is 0.899. The number of nitrogens with one attached hydrogen (secondary N) is 1. The second kappa shape index (κ2) is 7.13. The Hall–Kier alpha value is -2.21. The average molecular weight is 335 g/mol. The number of carbonyl (C=O) groups excluding carboxylic acids is 1. The Morgan fingerprint density at radius 1 is 1.12 bits per heavy atom. The summed E-state index contributed by atoms with van der Waals surface area (Å²) in [5.74, 6) is -0.560. The number of ether oxygens (including phenoxy) is 1. The molecule has 0 unspecified atom stereocenters. The molecule has 128 valence electrons. The standard InChI is InChI=1S/C18H19F2NO3/c19-18(20)24-16-10-12-4-2-1-3-11(12)9-15(16)17(23)21-13-5-7-14(22)8-6-13/h1-4,9-10,13-14,18,22H,5-8H2,(H,21,23). The number of aliphatic hydroxyl groups excluding tert-OH is 1. The summed E-state index contributed by atoms with van der Waals surface area (Å²) in [4.78, 5) is 12.5. The molecule has 6 heteroatoms. The van der Waals surface area contributed by atoms with E-state index in [1.54, 1.807) is 18.2 Å². The predicted molar refractivity (Wildman–Crippen MR) is 86.3 cm³/mol. The van der Waals surface area contributed by atoms with Crippen LogP contribution in [0.1, 0.15) is 36.0 Å². The van der Waals surface area contributed by atoms with Gasteiger partial charge in [-0.2, -0.15) is 8.78 Å². The number of halogens is 2. The summed E-state index contributed by atoms with van der Waals surface area (Å²) in [5.41, 5.74) is 0.0973. The summed E-state index contributed by atoms with van der Waals surface area (Å²) in [6, 6.07) is 10.2. The van der Waals surface area contributed by atoms with Gasteiger partial charge >= 0.3 is 6.61 Å². The van der Waals surface area contributed by atoms with E-state index in [1.807, 2.05) is 12.1 Å². The molecule has 1 saturated carbocycles. The van der Waals surface area contributed by atoms with Gasteiger partial charge in [0, 0.05) is 6.04 Å². The van der Waals surface area contributed by atoms with Crippen LogP contribution in [0.2, 0.25) is 0 Å². The lowest BCUT2D eigenvalue weighted by molar-refractivity contribution is -0.0500. The maximum Gasteiger partial charge on any atom is 0.387 e. The Morgan fingerprint density at radius 3 is 2.38 bits per heavy atom.